The van der Waals surface area contributed by atoms with Gasteiger partial charge < -0.3 is 10.2 Å². The summed E-state index contributed by atoms with van der Waals surface area (Å²) in [7, 11) is 0. The number of carbonyl (C=O) groups is 2. The molecular formula is C20H20Cl2N2O2. The fourth-order valence-electron chi connectivity index (χ4n) is 3.11. The van der Waals surface area contributed by atoms with Gasteiger partial charge in [0.2, 0.25) is 11.8 Å². The van der Waals surface area contributed by atoms with Gasteiger partial charge >= 0.3 is 0 Å². The third kappa shape index (κ3) is 3.71. The highest BCUT2D eigenvalue weighted by Crippen LogP contribution is 2.49. The summed E-state index contributed by atoms with van der Waals surface area (Å²) < 4.78 is 0. The van der Waals surface area contributed by atoms with Crippen molar-refractivity contribution >= 4 is 40.7 Å². The number of nitrogens with zero attached hydrogens (tertiary/aromatic N) is 1. The van der Waals surface area contributed by atoms with Crippen LogP contribution in [-0.4, -0.2) is 29.8 Å². The third-order valence-corrected chi connectivity index (χ3v) is 5.35. The maximum atomic E-state index is 13.1. The van der Waals surface area contributed by atoms with Crippen molar-refractivity contribution in [2.75, 3.05) is 18.4 Å². The van der Waals surface area contributed by atoms with Crippen LogP contribution in [0.4, 0.5) is 5.69 Å². The fourth-order valence-corrected chi connectivity index (χ4v) is 3.60. The first-order chi connectivity index (χ1) is 12.5. The Balaban J connectivity index is 1.72. The van der Waals surface area contributed by atoms with Crippen LogP contribution in [0.1, 0.15) is 25.3 Å². The van der Waals surface area contributed by atoms with E-state index in [1.165, 1.54) is 0 Å². The average molecular weight is 391 g/mol. The van der Waals surface area contributed by atoms with Crippen LogP contribution in [0.5, 0.6) is 0 Å². The van der Waals surface area contributed by atoms with E-state index in [-0.39, 0.29) is 18.4 Å². The Morgan fingerprint density at radius 2 is 1.65 bits per heavy atom. The van der Waals surface area contributed by atoms with Crippen LogP contribution < -0.4 is 5.32 Å². The largest absolute Gasteiger partial charge is 0.333 e. The molecule has 0 atom stereocenters. The maximum absolute atomic E-state index is 13.1. The molecule has 1 aliphatic rings. The molecule has 1 N–H and O–H groups in total. The molecule has 0 aliphatic heterocycles. The van der Waals surface area contributed by atoms with Crippen LogP contribution in [0.2, 0.25) is 10.0 Å². The Labute approximate surface area is 163 Å². The highest BCUT2D eigenvalue weighted by atomic mass is 35.5. The average Bonchev–Trinajstić information content (AvgIpc) is 3.45. The second kappa shape index (κ2) is 7.68. The molecule has 3 rings (SSSR count). The number of amides is 2. The topological polar surface area (TPSA) is 49.4 Å². The van der Waals surface area contributed by atoms with Gasteiger partial charge in [0.25, 0.3) is 0 Å². The minimum atomic E-state index is -0.487. The molecule has 0 saturated heterocycles. The lowest BCUT2D eigenvalue weighted by Crippen LogP contribution is -2.43. The van der Waals surface area contributed by atoms with E-state index in [0.717, 1.165) is 18.4 Å². The van der Waals surface area contributed by atoms with Gasteiger partial charge in [-0.25, -0.2) is 0 Å². The molecule has 2 aromatic carbocycles. The Morgan fingerprint density at radius 3 is 2.19 bits per heavy atom. The first kappa shape index (κ1) is 18.7. The van der Waals surface area contributed by atoms with Crippen molar-refractivity contribution in [1.82, 2.24) is 4.90 Å². The number of anilines is 1. The lowest BCUT2D eigenvalue weighted by molar-refractivity contribution is -0.136. The van der Waals surface area contributed by atoms with E-state index < -0.39 is 5.41 Å². The number of carbonyl (C=O) groups excluding carboxylic acids is 2. The number of halogens is 2. The van der Waals surface area contributed by atoms with Crippen LogP contribution >= 0.6 is 23.2 Å². The highest BCUT2D eigenvalue weighted by molar-refractivity contribution is 6.39. The molecule has 0 unspecified atom stereocenters. The second-order valence-corrected chi connectivity index (χ2v) is 7.23. The summed E-state index contributed by atoms with van der Waals surface area (Å²) >= 11 is 12.2. The van der Waals surface area contributed by atoms with E-state index in [0.29, 0.717) is 22.3 Å². The zero-order valence-electron chi connectivity index (χ0n) is 14.5. The maximum Gasteiger partial charge on any atom is 0.244 e. The molecule has 0 heterocycles. The molecule has 1 saturated carbocycles. The Hall–Kier alpha value is -2.04. The predicted molar refractivity (Wildman–Crippen MR) is 105 cm³/mol. The van der Waals surface area contributed by atoms with Gasteiger partial charge in [0.05, 0.1) is 27.7 Å². The number of hydrogen-bond donors (Lipinski definition) is 1. The van der Waals surface area contributed by atoms with E-state index in [1.54, 1.807) is 23.1 Å². The van der Waals surface area contributed by atoms with E-state index in [9.17, 15) is 9.59 Å². The van der Waals surface area contributed by atoms with Gasteiger partial charge in [-0.2, -0.15) is 0 Å². The molecule has 2 aromatic rings. The Kier molecular flexibility index (Phi) is 5.54. The Morgan fingerprint density at radius 1 is 1.04 bits per heavy atom. The number of likely N-dealkylation sites (N-methyl/N-ethyl adjacent to an activating group) is 1. The molecule has 4 nitrogen and oxygen atoms in total. The van der Waals surface area contributed by atoms with Gasteiger partial charge in [0.15, 0.2) is 0 Å². The fraction of sp³-hybridized carbons (Fsp3) is 0.300. The minimum absolute atomic E-state index is 0.00777. The predicted octanol–water partition coefficient (Wildman–Crippen LogP) is 4.51. The van der Waals surface area contributed by atoms with Gasteiger partial charge in [-0.15, -0.1) is 0 Å². The SMILES string of the molecule is CCN(CC(=O)Nc1c(Cl)cccc1Cl)C(=O)C1(c2ccccc2)CC1. The minimum Gasteiger partial charge on any atom is -0.333 e. The van der Waals surface area contributed by atoms with Crippen molar-refractivity contribution in [3.63, 3.8) is 0 Å². The monoisotopic (exact) mass is 390 g/mol. The highest BCUT2D eigenvalue weighted by Gasteiger charge is 2.52. The van der Waals surface area contributed by atoms with Gasteiger partial charge in [-0.1, -0.05) is 59.6 Å². The van der Waals surface area contributed by atoms with Crippen molar-refractivity contribution < 1.29 is 9.59 Å². The zero-order chi connectivity index (χ0) is 18.7. The summed E-state index contributed by atoms with van der Waals surface area (Å²) in [5.74, 6) is -0.328. The standard InChI is InChI=1S/C20H20Cl2N2O2/c1-2-24(13-17(25)23-18-15(21)9-6-10-16(18)22)19(26)20(11-12-20)14-7-4-3-5-8-14/h3-10H,2,11-13H2,1H3,(H,23,25). The van der Waals surface area contributed by atoms with Crippen LogP contribution in [-0.2, 0) is 15.0 Å². The number of benzene rings is 2. The van der Waals surface area contributed by atoms with Crippen LogP contribution in [0.3, 0.4) is 0 Å². The second-order valence-electron chi connectivity index (χ2n) is 6.41. The van der Waals surface area contributed by atoms with Crippen molar-refractivity contribution in [1.29, 1.82) is 0 Å². The van der Waals surface area contributed by atoms with E-state index in [2.05, 4.69) is 5.32 Å². The molecule has 0 spiro atoms. The van der Waals surface area contributed by atoms with E-state index >= 15 is 0 Å². The van der Waals surface area contributed by atoms with Crippen molar-refractivity contribution in [3.8, 4) is 0 Å². The third-order valence-electron chi connectivity index (χ3n) is 4.72. The quantitative estimate of drug-likeness (QED) is 0.788. The molecule has 1 fully saturated rings. The molecule has 0 aromatic heterocycles. The van der Waals surface area contributed by atoms with E-state index in [4.69, 9.17) is 23.2 Å². The number of para-hydroxylation sites is 1. The van der Waals surface area contributed by atoms with Crippen molar-refractivity contribution in [2.24, 2.45) is 0 Å². The summed E-state index contributed by atoms with van der Waals surface area (Å²) in [6, 6.07) is 14.8. The Bertz CT molecular complexity index is 800. The van der Waals surface area contributed by atoms with Crippen molar-refractivity contribution in [2.45, 2.75) is 25.2 Å². The number of nitrogens with one attached hydrogen (secondary N) is 1. The van der Waals surface area contributed by atoms with Crippen molar-refractivity contribution in [3.05, 3.63) is 64.1 Å². The first-order valence-corrected chi connectivity index (χ1v) is 9.32. The van der Waals surface area contributed by atoms with E-state index in [1.807, 2.05) is 37.3 Å². The van der Waals surface area contributed by atoms with Crippen LogP contribution in [0, 0.1) is 0 Å². The van der Waals surface area contributed by atoms with Gasteiger partial charge in [0, 0.05) is 6.54 Å². The lowest BCUT2D eigenvalue weighted by atomic mass is 9.94. The van der Waals surface area contributed by atoms with Gasteiger partial charge in [0.1, 0.15) is 0 Å². The van der Waals surface area contributed by atoms with Crippen LogP contribution in [0.15, 0.2) is 48.5 Å². The molecule has 136 valence electrons. The summed E-state index contributed by atoms with van der Waals surface area (Å²) in [5.41, 5.74) is 0.895. The molecule has 0 radical (unpaired) electrons. The van der Waals surface area contributed by atoms with Gasteiger partial charge in [-0.05, 0) is 37.5 Å². The summed E-state index contributed by atoms with van der Waals surface area (Å²) in [4.78, 5) is 27.1. The van der Waals surface area contributed by atoms with Crippen LogP contribution in [0.25, 0.3) is 0 Å². The van der Waals surface area contributed by atoms with Gasteiger partial charge in [-0.3, -0.25) is 9.59 Å². The molecule has 2 amide bonds. The zero-order valence-corrected chi connectivity index (χ0v) is 16.0. The summed E-state index contributed by atoms with van der Waals surface area (Å²) in [5, 5.41) is 3.44. The number of rotatable bonds is 6. The smallest absolute Gasteiger partial charge is 0.244 e. The number of hydrogen-bond acceptors (Lipinski definition) is 2. The molecule has 0 bridgehead atoms. The normalized spacial score (nSPS) is 14.6. The summed E-state index contributed by atoms with van der Waals surface area (Å²) in [6.07, 6.45) is 1.62. The molecular weight excluding hydrogens is 371 g/mol. The first-order valence-electron chi connectivity index (χ1n) is 8.56. The molecule has 6 heteroatoms. The lowest BCUT2D eigenvalue weighted by Gasteiger charge is -2.26. The summed E-state index contributed by atoms with van der Waals surface area (Å²) in [6.45, 7) is 2.29. The molecule has 1 aliphatic carbocycles. The molecule has 26 heavy (non-hydrogen) atoms.